The van der Waals surface area contributed by atoms with Crippen molar-refractivity contribution in [1.82, 2.24) is 0 Å². The molecule has 0 N–H and O–H groups in total. The summed E-state index contributed by atoms with van der Waals surface area (Å²) in [6.07, 6.45) is 4.86. The van der Waals surface area contributed by atoms with Crippen molar-refractivity contribution in [2.75, 3.05) is 6.61 Å². The van der Waals surface area contributed by atoms with E-state index in [1.165, 1.54) is 0 Å². The second-order valence-corrected chi connectivity index (χ2v) is 3.35. The third kappa shape index (κ3) is 4.17. The van der Waals surface area contributed by atoms with Crippen LogP contribution >= 0.6 is 8.00 Å². The van der Waals surface area contributed by atoms with Gasteiger partial charge in [0.25, 0.3) is 0 Å². The zero-order chi connectivity index (χ0) is 7.28. The maximum absolute atomic E-state index is 10.7. The van der Waals surface area contributed by atoms with E-state index in [1.807, 2.05) is 0 Å². The summed E-state index contributed by atoms with van der Waals surface area (Å²) in [5.74, 6) is 2.23. The average Bonchev–Trinajstić information content (AvgIpc) is 1.82. The van der Waals surface area contributed by atoms with Gasteiger partial charge in [-0.25, -0.2) is 0 Å². The molecule has 0 aromatic carbocycles. The largest absolute Gasteiger partial charge is 0.603 e. The number of rotatable bonds is 2. The predicted molar refractivity (Wildman–Crippen MR) is 38.1 cm³/mol. The van der Waals surface area contributed by atoms with Crippen molar-refractivity contribution in [3.05, 3.63) is 0 Å². The second-order valence-electron chi connectivity index (χ2n) is 1.68. The monoisotopic (exact) mass is 144 g/mol. The van der Waals surface area contributed by atoms with Crippen LogP contribution in [0.5, 0.6) is 0 Å². The molecular formula is C6H9O2P. The minimum Gasteiger partial charge on any atom is -0.603 e. The lowest BCUT2D eigenvalue weighted by Crippen LogP contribution is -1.98. The summed E-state index contributed by atoms with van der Waals surface area (Å²) in [6.45, 7) is 3.62. The summed E-state index contributed by atoms with van der Waals surface area (Å²) in [4.78, 5) is 10.7. The molecule has 0 radical (unpaired) electrons. The van der Waals surface area contributed by atoms with E-state index in [4.69, 9.17) is 6.42 Å². The lowest BCUT2D eigenvalue weighted by Gasteiger charge is -1.93. The van der Waals surface area contributed by atoms with E-state index in [-0.39, 0.29) is 6.61 Å². The molecule has 0 fully saturated rings. The lowest BCUT2D eigenvalue weighted by atomic mass is 10.6. The molecule has 1 atom stereocenters. The Morgan fingerprint density at radius 3 is 2.67 bits per heavy atom. The average molecular weight is 144 g/mol. The van der Waals surface area contributed by atoms with Gasteiger partial charge in [-0.2, -0.15) is 4.52 Å². The van der Waals surface area contributed by atoms with Crippen molar-refractivity contribution >= 4 is 13.3 Å². The Labute approximate surface area is 56.4 Å². The van der Waals surface area contributed by atoms with Gasteiger partial charge in [-0.1, -0.05) is 5.92 Å². The van der Waals surface area contributed by atoms with E-state index in [9.17, 15) is 4.89 Å². The second kappa shape index (κ2) is 4.52. The van der Waals surface area contributed by atoms with Gasteiger partial charge < -0.3 is 4.89 Å². The van der Waals surface area contributed by atoms with Crippen LogP contribution in [0.25, 0.3) is 0 Å². The van der Waals surface area contributed by atoms with Crippen LogP contribution in [0.15, 0.2) is 0 Å². The SMILES string of the molecule is C#CCO[P+]([O-])=C(C)C. The van der Waals surface area contributed by atoms with Crippen LogP contribution in [0.2, 0.25) is 0 Å². The highest BCUT2D eigenvalue weighted by atomic mass is 31.1. The summed E-state index contributed by atoms with van der Waals surface area (Å²) in [7, 11) is -1.62. The first-order valence-corrected chi connectivity index (χ1v) is 3.70. The Morgan fingerprint density at radius 1 is 1.78 bits per heavy atom. The van der Waals surface area contributed by atoms with Gasteiger partial charge >= 0.3 is 0 Å². The summed E-state index contributed by atoms with van der Waals surface area (Å²) in [5, 5.41) is 0.764. The third-order valence-corrected chi connectivity index (χ3v) is 1.72. The third-order valence-electron chi connectivity index (χ3n) is 0.630. The first kappa shape index (κ1) is 8.65. The van der Waals surface area contributed by atoms with Crippen LogP contribution in [0.1, 0.15) is 13.8 Å². The highest BCUT2D eigenvalue weighted by molar-refractivity contribution is 7.46. The number of terminal acetylenes is 1. The molecule has 3 heteroatoms. The van der Waals surface area contributed by atoms with Crippen LogP contribution in [-0.4, -0.2) is 11.9 Å². The lowest BCUT2D eigenvalue weighted by molar-refractivity contribution is -0.171. The van der Waals surface area contributed by atoms with Crippen molar-refractivity contribution in [1.29, 1.82) is 0 Å². The predicted octanol–water partition coefficient (Wildman–Crippen LogP) is 0.521. The molecular weight excluding hydrogens is 135 g/mol. The van der Waals surface area contributed by atoms with Crippen molar-refractivity contribution in [3.63, 3.8) is 0 Å². The number of hydrogen-bond acceptors (Lipinski definition) is 2. The van der Waals surface area contributed by atoms with Gasteiger partial charge in [0.15, 0.2) is 6.61 Å². The maximum Gasteiger partial charge on any atom is 0.220 e. The quantitative estimate of drug-likeness (QED) is 0.418. The Hall–Kier alpha value is -0.350. The van der Waals surface area contributed by atoms with E-state index in [2.05, 4.69) is 10.4 Å². The first-order chi connectivity index (χ1) is 4.18. The number of hydrogen-bond donors (Lipinski definition) is 0. The van der Waals surface area contributed by atoms with Gasteiger partial charge in [-0.05, 0) is 13.8 Å². The molecule has 1 unspecified atom stereocenters. The minimum absolute atomic E-state index is 0.125. The van der Waals surface area contributed by atoms with Gasteiger partial charge in [0.2, 0.25) is 8.00 Å². The molecule has 2 nitrogen and oxygen atoms in total. The summed E-state index contributed by atoms with van der Waals surface area (Å²) < 4.78 is 4.69. The fourth-order valence-electron chi connectivity index (χ4n) is 0.225. The fourth-order valence-corrected chi connectivity index (χ4v) is 0.675. The Kier molecular flexibility index (Phi) is 4.35. The molecule has 0 aliphatic heterocycles. The molecule has 0 aliphatic rings. The minimum atomic E-state index is -1.62. The van der Waals surface area contributed by atoms with Crippen molar-refractivity contribution in [2.24, 2.45) is 0 Å². The highest BCUT2D eigenvalue weighted by Gasteiger charge is 1.97. The molecule has 0 saturated carbocycles. The first-order valence-electron chi connectivity index (χ1n) is 2.52. The van der Waals surface area contributed by atoms with Crippen molar-refractivity contribution in [3.8, 4) is 12.3 Å². The molecule has 0 saturated heterocycles. The molecule has 0 heterocycles. The van der Waals surface area contributed by atoms with Gasteiger partial charge in [-0.15, -0.1) is 6.42 Å². The molecule has 50 valence electrons. The van der Waals surface area contributed by atoms with E-state index in [1.54, 1.807) is 13.8 Å². The molecule has 0 bridgehead atoms. The summed E-state index contributed by atoms with van der Waals surface area (Å²) in [5.41, 5.74) is 0. The molecule has 9 heavy (non-hydrogen) atoms. The molecule has 0 aromatic rings. The van der Waals surface area contributed by atoms with E-state index in [0.717, 1.165) is 5.29 Å². The summed E-state index contributed by atoms with van der Waals surface area (Å²) >= 11 is 0. The smallest absolute Gasteiger partial charge is 0.220 e. The van der Waals surface area contributed by atoms with Crippen LogP contribution in [-0.2, 0) is 4.52 Å². The topological polar surface area (TPSA) is 32.3 Å². The normalized spacial score (nSPS) is 10.2. The molecule has 0 spiro atoms. The molecule has 0 aliphatic carbocycles. The van der Waals surface area contributed by atoms with E-state index < -0.39 is 8.00 Å². The molecule has 0 amide bonds. The Morgan fingerprint density at radius 2 is 2.33 bits per heavy atom. The highest BCUT2D eigenvalue weighted by Crippen LogP contribution is 2.13. The van der Waals surface area contributed by atoms with Crippen LogP contribution in [0, 0.1) is 12.3 Å². The van der Waals surface area contributed by atoms with E-state index >= 15 is 0 Å². The molecule has 0 aromatic heterocycles. The van der Waals surface area contributed by atoms with Crippen LogP contribution in [0.3, 0.4) is 0 Å². The summed E-state index contributed by atoms with van der Waals surface area (Å²) in [6, 6.07) is 0. The van der Waals surface area contributed by atoms with Crippen molar-refractivity contribution < 1.29 is 9.42 Å². The van der Waals surface area contributed by atoms with Gasteiger partial charge in [0.1, 0.15) is 5.29 Å². The van der Waals surface area contributed by atoms with Gasteiger partial charge in [0, 0.05) is 0 Å². The van der Waals surface area contributed by atoms with Gasteiger partial charge in [-0.3, -0.25) is 0 Å². The zero-order valence-electron chi connectivity index (χ0n) is 5.55. The van der Waals surface area contributed by atoms with Crippen LogP contribution in [0.4, 0.5) is 0 Å². The van der Waals surface area contributed by atoms with E-state index in [0.29, 0.717) is 0 Å². The zero-order valence-corrected chi connectivity index (χ0v) is 6.44. The molecule has 0 rings (SSSR count). The maximum atomic E-state index is 10.7. The Balaban J connectivity index is 3.67. The van der Waals surface area contributed by atoms with Crippen LogP contribution < -0.4 is 4.89 Å². The Bertz CT molecular complexity index is 151. The van der Waals surface area contributed by atoms with Gasteiger partial charge in [0.05, 0.1) is 0 Å². The van der Waals surface area contributed by atoms with Crippen molar-refractivity contribution in [2.45, 2.75) is 13.8 Å². The fraction of sp³-hybridized carbons (Fsp3) is 0.500. The standard InChI is InChI=1S/C6H9O2P/c1-4-5-8-9(7)6(2)3/h1H,5H2,2-3H3.